The average Bonchev–Trinajstić information content (AvgIpc) is 3.29. The highest BCUT2D eigenvalue weighted by Gasteiger charge is 2.45. The van der Waals surface area contributed by atoms with E-state index in [2.05, 4.69) is 11.6 Å². The maximum atomic E-state index is 13.5. The van der Waals surface area contributed by atoms with Gasteiger partial charge in [-0.1, -0.05) is 36.9 Å². The first-order chi connectivity index (χ1) is 15.5. The Balaban J connectivity index is 1.72. The summed E-state index contributed by atoms with van der Waals surface area (Å²) in [7, 11) is 0. The minimum atomic E-state index is -0.642. The number of thiazole rings is 1. The van der Waals surface area contributed by atoms with Crippen LogP contribution in [0.3, 0.4) is 0 Å². The van der Waals surface area contributed by atoms with Crippen LogP contribution < -0.4 is 15.1 Å². The quantitative estimate of drug-likeness (QED) is 0.397. The van der Waals surface area contributed by atoms with Crippen LogP contribution in [-0.4, -0.2) is 17.5 Å². The largest absolute Gasteiger partial charge is 0.490 e. The molecule has 0 unspecified atom stereocenters. The van der Waals surface area contributed by atoms with E-state index in [1.807, 2.05) is 38.1 Å². The number of amides is 1. The average molecular weight is 445 g/mol. The summed E-state index contributed by atoms with van der Waals surface area (Å²) in [4.78, 5) is 34.2. The van der Waals surface area contributed by atoms with Crippen molar-refractivity contribution in [3.63, 3.8) is 0 Å². The molecule has 6 nitrogen and oxygen atoms in total. The van der Waals surface area contributed by atoms with Crippen molar-refractivity contribution in [3.05, 3.63) is 98.9 Å². The van der Waals surface area contributed by atoms with Crippen LogP contribution in [0.25, 0.3) is 11.0 Å². The van der Waals surface area contributed by atoms with Gasteiger partial charge in [-0.25, -0.2) is 4.98 Å². The first-order valence-corrected chi connectivity index (χ1v) is 11.0. The number of nitrogens with zero attached hydrogens (tertiary/aromatic N) is 2. The minimum Gasteiger partial charge on any atom is -0.490 e. The Morgan fingerprint density at radius 2 is 1.91 bits per heavy atom. The highest BCUT2D eigenvalue weighted by Crippen LogP contribution is 2.43. The number of carbonyl (C=O) groups excluding carboxylic acids is 1. The minimum absolute atomic E-state index is 0.0659. The summed E-state index contributed by atoms with van der Waals surface area (Å²) in [6.45, 7) is 7.91. The van der Waals surface area contributed by atoms with E-state index in [9.17, 15) is 9.59 Å². The number of rotatable bonds is 5. The molecular weight excluding hydrogens is 424 g/mol. The number of fused-ring (bicyclic) bond motifs is 2. The molecule has 0 aliphatic carbocycles. The van der Waals surface area contributed by atoms with Gasteiger partial charge in [0.15, 0.2) is 10.6 Å². The van der Waals surface area contributed by atoms with Crippen LogP contribution in [0.15, 0.2) is 70.4 Å². The molecule has 0 radical (unpaired) electrons. The molecule has 2 aromatic carbocycles. The third-order valence-electron chi connectivity index (χ3n) is 5.56. The predicted octanol–water partition coefficient (Wildman–Crippen LogP) is 5.18. The lowest BCUT2D eigenvalue weighted by Crippen LogP contribution is -2.29. The summed E-state index contributed by atoms with van der Waals surface area (Å²) in [5.41, 5.74) is 2.14. The molecule has 0 fully saturated rings. The lowest BCUT2D eigenvalue weighted by molar-refractivity contribution is 0.0971. The van der Waals surface area contributed by atoms with Crippen molar-refractivity contribution in [3.8, 4) is 5.75 Å². The summed E-state index contributed by atoms with van der Waals surface area (Å²) >= 11 is 1.42. The van der Waals surface area contributed by atoms with Crippen molar-refractivity contribution in [1.29, 1.82) is 0 Å². The normalized spacial score (nSPS) is 15.2. The SMILES string of the molecule is C=CCOc1ccc([C@H]2c3c(oc4ccccc4c3=O)C(=O)N2c2nc(C)c(C)s2)cc1. The summed E-state index contributed by atoms with van der Waals surface area (Å²) < 4.78 is 11.6. The molecular formula is C25H20N2O4S. The summed E-state index contributed by atoms with van der Waals surface area (Å²) in [6.07, 6.45) is 1.67. The molecule has 0 saturated carbocycles. The second-order valence-corrected chi connectivity index (χ2v) is 8.74. The van der Waals surface area contributed by atoms with Crippen LogP contribution in [0.1, 0.15) is 38.3 Å². The number of para-hydroxylation sites is 1. The number of ether oxygens (including phenoxy) is 1. The maximum Gasteiger partial charge on any atom is 0.297 e. The topological polar surface area (TPSA) is 72.6 Å². The number of carbonyl (C=O) groups is 1. The molecule has 5 rings (SSSR count). The highest BCUT2D eigenvalue weighted by atomic mass is 32.1. The van der Waals surface area contributed by atoms with Crippen molar-refractivity contribution in [2.75, 3.05) is 11.5 Å². The molecule has 0 N–H and O–H groups in total. The fraction of sp³-hybridized carbons (Fsp3) is 0.160. The standard InChI is InChI=1S/C25H20N2O4S/c1-4-13-30-17-11-9-16(10-12-17)21-20-22(28)18-7-5-6-8-19(18)31-23(20)24(29)27(21)25-26-14(2)15(3)32-25/h4-12,21H,1,13H2,2-3H3/t21-/m0/s1. The second kappa shape index (κ2) is 7.76. The fourth-order valence-corrected chi connectivity index (χ4v) is 4.83. The zero-order chi connectivity index (χ0) is 22.4. The lowest BCUT2D eigenvalue weighted by Gasteiger charge is -2.22. The van der Waals surface area contributed by atoms with Gasteiger partial charge in [-0.3, -0.25) is 14.5 Å². The first-order valence-electron chi connectivity index (χ1n) is 10.2. The van der Waals surface area contributed by atoms with E-state index in [4.69, 9.17) is 9.15 Å². The van der Waals surface area contributed by atoms with Gasteiger partial charge in [0.2, 0.25) is 5.76 Å². The number of benzene rings is 2. The molecule has 7 heteroatoms. The highest BCUT2D eigenvalue weighted by molar-refractivity contribution is 7.15. The number of hydrogen-bond donors (Lipinski definition) is 0. The van der Waals surface area contributed by atoms with Gasteiger partial charge in [0.05, 0.1) is 22.7 Å². The molecule has 1 aliphatic heterocycles. The Morgan fingerprint density at radius 3 is 2.59 bits per heavy atom. The van der Waals surface area contributed by atoms with Gasteiger partial charge in [0.25, 0.3) is 5.91 Å². The molecule has 0 bridgehead atoms. The number of aromatic nitrogens is 1. The van der Waals surface area contributed by atoms with Gasteiger partial charge < -0.3 is 9.15 Å². The third kappa shape index (κ3) is 3.13. The summed E-state index contributed by atoms with van der Waals surface area (Å²) in [5.74, 6) is 0.376. The van der Waals surface area contributed by atoms with Crippen LogP contribution in [-0.2, 0) is 0 Å². The van der Waals surface area contributed by atoms with E-state index in [1.165, 1.54) is 11.3 Å². The first kappa shape index (κ1) is 20.2. The third-order valence-corrected chi connectivity index (χ3v) is 6.64. The van der Waals surface area contributed by atoms with Crippen molar-refractivity contribution < 1.29 is 13.9 Å². The Hall–Kier alpha value is -3.71. The smallest absolute Gasteiger partial charge is 0.297 e. The van der Waals surface area contributed by atoms with E-state index in [0.717, 1.165) is 16.1 Å². The van der Waals surface area contributed by atoms with E-state index < -0.39 is 6.04 Å². The van der Waals surface area contributed by atoms with Crippen LogP contribution >= 0.6 is 11.3 Å². The zero-order valence-electron chi connectivity index (χ0n) is 17.6. The maximum absolute atomic E-state index is 13.5. The van der Waals surface area contributed by atoms with Gasteiger partial charge in [-0.2, -0.15) is 0 Å². The molecule has 4 aromatic rings. The molecule has 3 heterocycles. The van der Waals surface area contributed by atoms with Crippen molar-refractivity contribution in [2.24, 2.45) is 0 Å². The molecule has 0 spiro atoms. The number of hydrogen-bond acceptors (Lipinski definition) is 6. The van der Waals surface area contributed by atoms with Gasteiger partial charge >= 0.3 is 0 Å². The van der Waals surface area contributed by atoms with E-state index in [0.29, 0.717) is 34.0 Å². The molecule has 0 saturated heterocycles. The van der Waals surface area contributed by atoms with Crippen molar-refractivity contribution in [1.82, 2.24) is 4.98 Å². The Morgan fingerprint density at radius 1 is 1.16 bits per heavy atom. The number of anilines is 1. The van der Waals surface area contributed by atoms with Gasteiger partial charge in [-0.05, 0) is 43.7 Å². The van der Waals surface area contributed by atoms with E-state index in [-0.39, 0.29) is 17.1 Å². The Bertz CT molecular complexity index is 1400. The van der Waals surface area contributed by atoms with Gasteiger partial charge in [0.1, 0.15) is 17.9 Å². The van der Waals surface area contributed by atoms with Crippen molar-refractivity contribution in [2.45, 2.75) is 19.9 Å². The van der Waals surface area contributed by atoms with Gasteiger partial charge in [-0.15, -0.1) is 11.3 Å². The van der Waals surface area contributed by atoms with E-state index in [1.54, 1.807) is 35.2 Å². The summed E-state index contributed by atoms with van der Waals surface area (Å²) in [6, 6.07) is 13.7. The van der Waals surface area contributed by atoms with Crippen LogP contribution in [0.5, 0.6) is 5.75 Å². The molecule has 1 amide bonds. The number of aryl methyl sites for hydroxylation is 2. The van der Waals surface area contributed by atoms with Crippen LogP contribution in [0.4, 0.5) is 5.13 Å². The monoisotopic (exact) mass is 444 g/mol. The molecule has 32 heavy (non-hydrogen) atoms. The Labute approximate surface area is 188 Å². The van der Waals surface area contributed by atoms with Crippen LogP contribution in [0, 0.1) is 13.8 Å². The van der Waals surface area contributed by atoms with Crippen LogP contribution in [0.2, 0.25) is 0 Å². The molecule has 1 atom stereocenters. The summed E-state index contributed by atoms with van der Waals surface area (Å²) in [5, 5.41) is 0.986. The molecule has 2 aromatic heterocycles. The van der Waals surface area contributed by atoms with E-state index >= 15 is 0 Å². The lowest BCUT2D eigenvalue weighted by atomic mass is 9.98. The van der Waals surface area contributed by atoms with Gasteiger partial charge in [0, 0.05) is 4.88 Å². The predicted molar refractivity (Wildman–Crippen MR) is 125 cm³/mol. The van der Waals surface area contributed by atoms with Crippen molar-refractivity contribution >= 4 is 33.3 Å². The second-order valence-electron chi connectivity index (χ2n) is 7.55. The zero-order valence-corrected chi connectivity index (χ0v) is 18.4. The molecule has 160 valence electrons. The molecule has 1 aliphatic rings. The Kier molecular flexibility index (Phi) is 4.90. The fourth-order valence-electron chi connectivity index (χ4n) is 3.89.